The van der Waals surface area contributed by atoms with E-state index >= 15 is 0 Å². The molecule has 0 aromatic heterocycles. The molecule has 0 saturated carbocycles. The molecule has 0 aliphatic carbocycles. The molecule has 0 heterocycles. The molecule has 0 fully saturated rings. The van der Waals surface area contributed by atoms with Gasteiger partial charge in [-0.3, -0.25) is 0 Å². The average Bonchev–Trinajstić information content (AvgIpc) is 2.84. The Bertz CT molecular complexity index is 954. The van der Waals surface area contributed by atoms with Crippen LogP contribution in [0.1, 0.15) is 61.8 Å². The van der Waals surface area contributed by atoms with E-state index in [0.29, 0.717) is 0 Å². The minimum Gasteiger partial charge on any atom is -0.0917 e. The van der Waals surface area contributed by atoms with Crippen LogP contribution < -0.4 is 0 Å². The van der Waals surface area contributed by atoms with Crippen molar-refractivity contribution in [2.24, 2.45) is 0 Å². The summed E-state index contributed by atoms with van der Waals surface area (Å²) in [5.41, 5.74) is 8.37. The summed E-state index contributed by atoms with van der Waals surface area (Å²) in [6.07, 6.45) is 18.1. The molecule has 3 rings (SSSR count). The summed E-state index contributed by atoms with van der Waals surface area (Å²) in [7, 11) is 0. The van der Waals surface area contributed by atoms with Gasteiger partial charge >= 0.3 is 0 Å². The molecule has 0 amide bonds. The zero-order chi connectivity index (χ0) is 22.4. The van der Waals surface area contributed by atoms with E-state index in [4.69, 9.17) is 0 Å². The molecule has 3 aromatic carbocycles. The van der Waals surface area contributed by atoms with Gasteiger partial charge in [0.25, 0.3) is 0 Å². The molecule has 0 radical (unpaired) electrons. The lowest BCUT2D eigenvalue weighted by Gasteiger charge is -2.07. The summed E-state index contributed by atoms with van der Waals surface area (Å²) in [4.78, 5) is 0. The Morgan fingerprint density at radius 3 is 1.09 bits per heavy atom. The van der Waals surface area contributed by atoms with Crippen molar-refractivity contribution in [2.45, 2.75) is 65.2 Å². The standard InChI is InChI=1S/C32H38/c1-3-5-7-11-27-15-17-28(18-16-27)13-9-10-14-30-21-25-32(26-22-30)31-23-19-29(20-24-31)12-8-6-4-2/h3-6,15-26H,7-14H2,1-2H3/b5-3+,6-4+. The van der Waals surface area contributed by atoms with Crippen molar-refractivity contribution in [1.29, 1.82) is 0 Å². The van der Waals surface area contributed by atoms with Gasteiger partial charge in [0.1, 0.15) is 0 Å². The van der Waals surface area contributed by atoms with Gasteiger partial charge in [-0.15, -0.1) is 0 Å². The van der Waals surface area contributed by atoms with Crippen molar-refractivity contribution in [1.82, 2.24) is 0 Å². The van der Waals surface area contributed by atoms with Gasteiger partial charge in [-0.25, -0.2) is 0 Å². The Morgan fingerprint density at radius 1 is 0.438 bits per heavy atom. The average molecular weight is 423 g/mol. The van der Waals surface area contributed by atoms with Crippen molar-refractivity contribution in [2.75, 3.05) is 0 Å². The van der Waals surface area contributed by atoms with Crippen molar-refractivity contribution in [3.8, 4) is 11.1 Å². The minimum absolute atomic E-state index is 1.12. The van der Waals surface area contributed by atoms with Crippen LogP contribution >= 0.6 is 0 Å². The fourth-order valence-electron chi connectivity index (χ4n) is 4.09. The predicted molar refractivity (Wildman–Crippen MR) is 141 cm³/mol. The number of unbranched alkanes of at least 4 members (excludes halogenated alkanes) is 1. The summed E-state index contributed by atoms with van der Waals surface area (Å²) < 4.78 is 0. The van der Waals surface area contributed by atoms with Gasteiger partial charge in [-0.1, -0.05) is 97.1 Å². The Labute approximate surface area is 195 Å². The molecule has 0 N–H and O–H groups in total. The second-order valence-corrected chi connectivity index (χ2v) is 8.63. The van der Waals surface area contributed by atoms with Crippen LogP contribution in [0.4, 0.5) is 0 Å². The van der Waals surface area contributed by atoms with E-state index in [0.717, 1.165) is 32.1 Å². The highest BCUT2D eigenvalue weighted by atomic mass is 14.1. The van der Waals surface area contributed by atoms with Crippen molar-refractivity contribution in [3.63, 3.8) is 0 Å². The highest BCUT2D eigenvalue weighted by molar-refractivity contribution is 5.64. The van der Waals surface area contributed by atoms with Crippen LogP contribution in [0.25, 0.3) is 11.1 Å². The molecule has 0 atom stereocenters. The number of hydrogen-bond donors (Lipinski definition) is 0. The van der Waals surface area contributed by atoms with Crippen molar-refractivity contribution in [3.05, 3.63) is 119 Å². The van der Waals surface area contributed by atoms with E-state index in [1.54, 1.807) is 0 Å². The number of benzene rings is 3. The van der Waals surface area contributed by atoms with E-state index in [-0.39, 0.29) is 0 Å². The summed E-state index contributed by atoms with van der Waals surface area (Å²) in [5.74, 6) is 0. The van der Waals surface area contributed by atoms with Gasteiger partial charge in [0.15, 0.2) is 0 Å². The molecule has 166 valence electrons. The van der Waals surface area contributed by atoms with E-state index in [1.807, 2.05) is 0 Å². The molecule has 0 spiro atoms. The third-order valence-corrected chi connectivity index (χ3v) is 6.12. The number of aryl methyl sites for hydroxylation is 4. The number of hydrogen-bond acceptors (Lipinski definition) is 0. The highest BCUT2D eigenvalue weighted by Crippen LogP contribution is 2.22. The second kappa shape index (κ2) is 13.5. The molecule has 3 aromatic rings. The maximum absolute atomic E-state index is 2.31. The zero-order valence-electron chi connectivity index (χ0n) is 19.9. The molecule has 0 bridgehead atoms. The quantitative estimate of drug-likeness (QED) is 0.202. The molecule has 0 heteroatoms. The van der Waals surface area contributed by atoms with Gasteiger partial charge in [-0.2, -0.15) is 0 Å². The highest BCUT2D eigenvalue weighted by Gasteiger charge is 2.01. The molecular formula is C32H38. The molecule has 0 nitrogen and oxygen atoms in total. The summed E-state index contributed by atoms with van der Waals surface area (Å²) in [6, 6.07) is 27.4. The Balaban J connectivity index is 1.41. The van der Waals surface area contributed by atoms with E-state index in [9.17, 15) is 0 Å². The lowest BCUT2D eigenvalue weighted by molar-refractivity contribution is 0.734. The monoisotopic (exact) mass is 422 g/mol. The maximum atomic E-state index is 2.31. The third-order valence-electron chi connectivity index (χ3n) is 6.12. The summed E-state index contributed by atoms with van der Waals surface area (Å²) in [6.45, 7) is 4.17. The van der Waals surface area contributed by atoms with Crippen LogP contribution in [-0.4, -0.2) is 0 Å². The van der Waals surface area contributed by atoms with Gasteiger partial charge in [-0.05, 0) is 98.6 Å². The first-order valence-electron chi connectivity index (χ1n) is 12.3. The first-order chi connectivity index (χ1) is 15.8. The molecule has 0 aliphatic heterocycles. The minimum atomic E-state index is 1.12. The first kappa shape index (κ1) is 23.8. The number of allylic oxidation sites excluding steroid dienone is 4. The zero-order valence-corrected chi connectivity index (χ0v) is 19.9. The summed E-state index contributed by atoms with van der Waals surface area (Å²) >= 11 is 0. The van der Waals surface area contributed by atoms with Crippen LogP contribution in [0.3, 0.4) is 0 Å². The fraction of sp³-hybridized carbons (Fsp3) is 0.312. The SMILES string of the molecule is C/C=C/CCc1ccc(CCCCc2ccc(-c3ccc(CC/C=C/C)cc3)cc2)cc1. The maximum Gasteiger partial charge on any atom is -0.0184 e. The molecule has 0 unspecified atom stereocenters. The van der Waals surface area contributed by atoms with E-state index in [1.165, 1.54) is 52.6 Å². The van der Waals surface area contributed by atoms with Crippen molar-refractivity contribution >= 4 is 0 Å². The van der Waals surface area contributed by atoms with Gasteiger partial charge in [0, 0.05) is 0 Å². The Hall–Kier alpha value is -2.86. The normalized spacial score (nSPS) is 11.6. The Kier molecular flexibility index (Phi) is 10.1. The molecule has 32 heavy (non-hydrogen) atoms. The van der Waals surface area contributed by atoms with Crippen molar-refractivity contribution < 1.29 is 0 Å². The largest absolute Gasteiger partial charge is 0.0917 e. The number of rotatable bonds is 12. The van der Waals surface area contributed by atoms with Gasteiger partial charge < -0.3 is 0 Å². The van der Waals surface area contributed by atoms with Crippen LogP contribution in [0.15, 0.2) is 97.1 Å². The molecular weight excluding hydrogens is 384 g/mol. The topological polar surface area (TPSA) is 0 Å². The van der Waals surface area contributed by atoms with Gasteiger partial charge in [0.05, 0.1) is 0 Å². The fourth-order valence-corrected chi connectivity index (χ4v) is 4.09. The Morgan fingerprint density at radius 2 is 0.750 bits per heavy atom. The van der Waals surface area contributed by atoms with E-state index in [2.05, 4.69) is 111 Å². The smallest absolute Gasteiger partial charge is 0.0184 e. The lowest BCUT2D eigenvalue weighted by atomic mass is 9.98. The first-order valence-corrected chi connectivity index (χ1v) is 12.3. The summed E-state index contributed by atoms with van der Waals surface area (Å²) in [5, 5.41) is 0. The lowest BCUT2D eigenvalue weighted by Crippen LogP contribution is -1.91. The molecule has 0 saturated heterocycles. The van der Waals surface area contributed by atoms with Crippen LogP contribution in [0, 0.1) is 0 Å². The predicted octanol–water partition coefficient (Wildman–Crippen LogP) is 8.94. The van der Waals surface area contributed by atoms with Gasteiger partial charge in [0.2, 0.25) is 0 Å². The van der Waals surface area contributed by atoms with Crippen LogP contribution in [0.5, 0.6) is 0 Å². The molecule has 0 aliphatic rings. The van der Waals surface area contributed by atoms with E-state index < -0.39 is 0 Å². The third kappa shape index (κ3) is 8.00. The van der Waals surface area contributed by atoms with Crippen LogP contribution in [-0.2, 0) is 25.7 Å². The second-order valence-electron chi connectivity index (χ2n) is 8.63. The van der Waals surface area contributed by atoms with Crippen LogP contribution in [0.2, 0.25) is 0 Å².